The zero-order valence-corrected chi connectivity index (χ0v) is 7.80. The van der Waals surface area contributed by atoms with Crippen LogP contribution >= 0.6 is 8.25 Å². The van der Waals surface area contributed by atoms with E-state index in [1.165, 1.54) is 0 Å². The lowest BCUT2D eigenvalue weighted by atomic mass is 10.1. The van der Waals surface area contributed by atoms with Gasteiger partial charge in [0.05, 0.1) is 0 Å². The number of para-hydroxylation sites is 1. The highest BCUT2D eigenvalue weighted by molar-refractivity contribution is 7.31. The van der Waals surface area contributed by atoms with Gasteiger partial charge in [-0.05, 0) is 29.5 Å². The van der Waals surface area contributed by atoms with Gasteiger partial charge in [0, 0.05) is 0 Å². The standard InChI is InChI=1S/C8H9O3P/c1-6-4-3-5-7(2)8(6)11-12(9)10/h3-5H,1-2H3. The Morgan fingerprint density at radius 2 is 1.83 bits per heavy atom. The van der Waals surface area contributed by atoms with E-state index in [4.69, 9.17) is 0 Å². The van der Waals surface area contributed by atoms with Crippen molar-refractivity contribution in [2.75, 3.05) is 0 Å². The highest BCUT2D eigenvalue weighted by atomic mass is 31.1. The lowest BCUT2D eigenvalue weighted by Gasteiger charge is -2.02. The van der Waals surface area contributed by atoms with E-state index in [0.717, 1.165) is 11.1 Å². The Kier molecular flexibility index (Phi) is 2.79. The van der Waals surface area contributed by atoms with E-state index < -0.39 is 8.25 Å². The third-order valence-electron chi connectivity index (χ3n) is 1.57. The fourth-order valence-electron chi connectivity index (χ4n) is 1.02. The molecule has 0 radical (unpaired) electrons. The third-order valence-corrected chi connectivity index (χ3v) is 1.91. The summed E-state index contributed by atoms with van der Waals surface area (Å²) >= 11 is 0. The van der Waals surface area contributed by atoms with Crippen LogP contribution in [0.4, 0.5) is 0 Å². The predicted molar refractivity (Wildman–Crippen MR) is 44.2 cm³/mol. The van der Waals surface area contributed by atoms with Gasteiger partial charge < -0.3 is 4.89 Å². The molecule has 1 rings (SSSR count). The van der Waals surface area contributed by atoms with Gasteiger partial charge in [0.25, 0.3) is 0 Å². The molecule has 3 nitrogen and oxygen atoms in total. The topological polar surface area (TPSA) is 49.4 Å². The van der Waals surface area contributed by atoms with E-state index in [9.17, 15) is 9.46 Å². The van der Waals surface area contributed by atoms with Gasteiger partial charge in [-0.25, -0.2) is 0 Å². The zero-order chi connectivity index (χ0) is 9.14. The van der Waals surface area contributed by atoms with E-state index >= 15 is 0 Å². The van der Waals surface area contributed by atoms with Gasteiger partial charge in [-0.2, -0.15) is 0 Å². The molecule has 0 aliphatic rings. The average Bonchev–Trinajstić information content (AvgIpc) is 1.97. The van der Waals surface area contributed by atoms with Crippen LogP contribution < -0.4 is 9.42 Å². The van der Waals surface area contributed by atoms with Gasteiger partial charge in [-0.3, -0.25) is 4.52 Å². The molecule has 1 unspecified atom stereocenters. The van der Waals surface area contributed by atoms with Gasteiger partial charge in [0.2, 0.25) is 0 Å². The second kappa shape index (κ2) is 3.65. The maximum atomic E-state index is 10.3. The highest BCUT2D eigenvalue weighted by Crippen LogP contribution is 2.27. The van der Waals surface area contributed by atoms with E-state index in [1.54, 1.807) is 26.0 Å². The summed E-state index contributed by atoms with van der Waals surface area (Å²) in [6.07, 6.45) is 0. The number of benzene rings is 1. The molecule has 1 aromatic carbocycles. The first-order chi connectivity index (χ1) is 5.61. The number of hydrogen-bond donors (Lipinski definition) is 0. The quantitative estimate of drug-likeness (QED) is 0.657. The fraction of sp³-hybridized carbons (Fsp3) is 0.250. The van der Waals surface area contributed by atoms with Crippen molar-refractivity contribution in [1.29, 1.82) is 0 Å². The van der Waals surface area contributed by atoms with E-state index in [1.807, 2.05) is 6.07 Å². The average molecular weight is 184 g/mol. The van der Waals surface area contributed by atoms with Crippen LogP contribution in [0.1, 0.15) is 11.1 Å². The fourth-order valence-corrected chi connectivity index (χ4v) is 1.45. The maximum absolute atomic E-state index is 10.3. The summed E-state index contributed by atoms with van der Waals surface area (Å²) in [6, 6.07) is 5.47. The highest BCUT2D eigenvalue weighted by Gasteiger charge is 2.10. The zero-order valence-electron chi connectivity index (χ0n) is 6.90. The number of rotatable bonds is 2. The summed E-state index contributed by atoms with van der Waals surface area (Å²) in [5, 5.41) is 0. The molecule has 12 heavy (non-hydrogen) atoms. The SMILES string of the molecule is Cc1cccc(C)c1O[P+](=O)[O-]. The van der Waals surface area contributed by atoms with E-state index in [-0.39, 0.29) is 0 Å². The second-order valence-electron chi connectivity index (χ2n) is 2.54. The molecule has 0 fully saturated rings. The van der Waals surface area contributed by atoms with Crippen molar-refractivity contribution in [3.8, 4) is 5.75 Å². The van der Waals surface area contributed by atoms with Crippen LogP contribution in [0.2, 0.25) is 0 Å². The number of hydrogen-bond acceptors (Lipinski definition) is 3. The summed E-state index contributed by atoms with van der Waals surface area (Å²) in [5.41, 5.74) is 1.66. The Morgan fingerprint density at radius 1 is 1.33 bits per heavy atom. The van der Waals surface area contributed by atoms with Crippen molar-refractivity contribution in [2.24, 2.45) is 0 Å². The summed E-state index contributed by atoms with van der Waals surface area (Å²) in [4.78, 5) is 10.3. The van der Waals surface area contributed by atoms with Crippen molar-refractivity contribution in [2.45, 2.75) is 13.8 Å². The minimum Gasteiger partial charge on any atom is -0.558 e. The van der Waals surface area contributed by atoms with Crippen LogP contribution in [0.15, 0.2) is 18.2 Å². The van der Waals surface area contributed by atoms with Crippen LogP contribution in [0.25, 0.3) is 0 Å². The van der Waals surface area contributed by atoms with Crippen molar-refractivity contribution in [1.82, 2.24) is 0 Å². The summed E-state index contributed by atoms with van der Waals surface area (Å²) in [5.74, 6) is 0.439. The van der Waals surface area contributed by atoms with Crippen molar-refractivity contribution in [3.63, 3.8) is 0 Å². The van der Waals surface area contributed by atoms with Gasteiger partial charge in [-0.1, -0.05) is 18.2 Å². The monoisotopic (exact) mass is 184 g/mol. The summed E-state index contributed by atoms with van der Waals surface area (Å²) < 4.78 is 14.9. The van der Waals surface area contributed by atoms with E-state index in [2.05, 4.69) is 4.52 Å². The first kappa shape index (κ1) is 9.17. The Labute approximate surface area is 71.9 Å². The summed E-state index contributed by atoms with van der Waals surface area (Å²) in [7, 11) is -2.81. The van der Waals surface area contributed by atoms with Crippen molar-refractivity contribution in [3.05, 3.63) is 29.3 Å². The Morgan fingerprint density at radius 3 is 2.25 bits per heavy atom. The Bertz CT molecular complexity index is 289. The molecule has 0 bridgehead atoms. The third kappa shape index (κ3) is 2.03. The molecule has 0 spiro atoms. The molecule has 4 heteroatoms. The molecular formula is C8H9O3P. The molecule has 1 atom stereocenters. The molecular weight excluding hydrogens is 175 g/mol. The van der Waals surface area contributed by atoms with Crippen LogP contribution in [-0.2, 0) is 4.57 Å². The van der Waals surface area contributed by atoms with E-state index in [0.29, 0.717) is 5.75 Å². The van der Waals surface area contributed by atoms with Crippen LogP contribution in [-0.4, -0.2) is 0 Å². The Hall–Kier alpha value is -0.920. The molecule has 0 saturated carbocycles. The lowest BCUT2D eigenvalue weighted by Crippen LogP contribution is -1.96. The van der Waals surface area contributed by atoms with Gasteiger partial charge in [0.15, 0.2) is 5.75 Å². The largest absolute Gasteiger partial charge is 0.558 e. The molecule has 1 aromatic rings. The first-order valence-corrected chi connectivity index (χ1v) is 4.59. The Balaban J connectivity index is 3.04. The van der Waals surface area contributed by atoms with Crippen LogP contribution in [0, 0.1) is 13.8 Å². The van der Waals surface area contributed by atoms with Crippen LogP contribution in [0.3, 0.4) is 0 Å². The predicted octanol–water partition coefficient (Wildman–Crippen LogP) is 1.70. The molecule has 0 saturated heterocycles. The minimum atomic E-state index is -2.81. The molecule has 0 aliphatic carbocycles. The first-order valence-electron chi connectivity index (χ1n) is 3.50. The lowest BCUT2D eigenvalue weighted by molar-refractivity contribution is -0.178. The molecule has 64 valence electrons. The minimum absolute atomic E-state index is 0.439. The van der Waals surface area contributed by atoms with Crippen molar-refractivity contribution < 1.29 is 14.0 Å². The molecule has 0 aliphatic heterocycles. The van der Waals surface area contributed by atoms with Crippen LogP contribution in [0.5, 0.6) is 5.75 Å². The smallest absolute Gasteiger partial charge is 0.539 e. The van der Waals surface area contributed by atoms with Crippen molar-refractivity contribution >= 4 is 8.25 Å². The van der Waals surface area contributed by atoms with Gasteiger partial charge in [0.1, 0.15) is 0 Å². The number of aryl methyl sites for hydroxylation is 2. The van der Waals surface area contributed by atoms with Gasteiger partial charge >= 0.3 is 8.25 Å². The molecule has 0 heterocycles. The molecule has 0 N–H and O–H groups in total. The molecule has 0 aromatic heterocycles. The maximum Gasteiger partial charge on any atom is 0.539 e. The second-order valence-corrected chi connectivity index (χ2v) is 3.17. The van der Waals surface area contributed by atoms with Gasteiger partial charge in [-0.15, -0.1) is 0 Å². The normalized spacial score (nSPS) is 11.1. The summed E-state index contributed by atoms with van der Waals surface area (Å²) in [6.45, 7) is 3.61. The molecule has 0 amide bonds.